The molecule has 1 aromatic carbocycles. The molecule has 0 amide bonds. The van der Waals surface area contributed by atoms with E-state index >= 15 is 0 Å². The minimum absolute atomic E-state index is 0.0365. The first-order chi connectivity index (χ1) is 8.35. The number of Topliss-reactive ketones (excluding diaryl/α,β-unsaturated/α-hetero) is 1. The van der Waals surface area contributed by atoms with Gasteiger partial charge in [-0.3, -0.25) is 4.79 Å². The van der Waals surface area contributed by atoms with Gasteiger partial charge in [-0.25, -0.2) is 0 Å². The fourth-order valence-corrected chi connectivity index (χ4v) is 1.29. The van der Waals surface area contributed by atoms with Crippen molar-refractivity contribution in [2.75, 3.05) is 6.54 Å². The van der Waals surface area contributed by atoms with Crippen molar-refractivity contribution in [3.8, 4) is 5.75 Å². The number of carbonyl (C=O) groups excluding carboxylic acids is 1. The summed E-state index contributed by atoms with van der Waals surface area (Å²) in [4.78, 5) is 22.6. The Morgan fingerprint density at radius 3 is 2.50 bits per heavy atom. The molecule has 0 aliphatic rings. The molecular weight excluding hydrogens is 230 g/mol. The highest BCUT2D eigenvalue weighted by atomic mass is 17.2. The lowest BCUT2D eigenvalue weighted by Crippen LogP contribution is -2.24. The van der Waals surface area contributed by atoms with Crippen molar-refractivity contribution in [1.29, 1.82) is 0 Å². The molecule has 0 aromatic heterocycles. The van der Waals surface area contributed by atoms with Crippen LogP contribution in [0.3, 0.4) is 0 Å². The summed E-state index contributed by atoms with van der Waals surface area (Å²) >= 11 is 0. The third-order valence-electron chi connectivity index (χ3n) is 2.34. The second-order valence-corrected chi connectivity index (χ2v) is 5.28. The molecule has 4 heteroatoms. The molecule has 0 spiro atoms. The molecule has 0 fully saturated rings. The van der Waals surface area contributed by atoms with Crippen LogP contribution in [0.1, 0.15) is 38.1 Å². The van der Waals surface area contributed by atoms with Crippen molar-refractivity contribution in [2.24, 2.45) is 11.7 Å². The molecule has 0 radical (unpaired) electrons. The summed E-state index contributed by atoms with van der Waals surface area (Å²) in [5, 5.41) is 0. The van der Waals surface area contributed by atoms with Gasteiger partial charge in [0, 0.05) is 12.5 Å². The predicted octanol–water partition coefficient (Wildman–Crippen LogP) is 2.57. The number of rotatable bonds is 5. The Bertz CT molecular complexity index is 410. The van der Waals surface area contributed by atoms with Gasteiger partial charge in [0.1, 0.15) is 5.60 Å². The molecule has 0 saturated carbocycles. The number of hydrogen-bond acceptors (Lipinski definition) is 4. The Hall–Kier alpha value is -1.39. The molecular formula is C14H21NO3. The van der Waals surface area contributed by atoms with Crippen molar-refractivity contribution in [2.45, 2.75) is 33.3 Å². The van der Waals surface area contributed by atoms with Crippen molar-refractivity contribution in [3.63, 3.8) is 0 Å². The fourth-order valence-electron chi connectivity index (χ4n) is 1.29. The topological polar surface area (TPSA) is 61.6 Å². The lowest BCUT2D eigenvalue weighted by molar-refractivity contribution is -0.274. The van der Waals surface area contributed by atoms with Crippen molar-refractivity contribution < 1.29 is 14.6 Å². The lowest BCUT2D eigenvalue weighted by Gasteiger charge is -2.19. The minimum atomic E-state index is -0.435. The SMILES string of the molecule is CC(CN)C(=O)c1ccccc1OOC(C)(C)C. The van der Waals surface area contributed by atoms with Gasteiger partial charge in [0.2, 0.25) is 0 Å². The van der Waals surface area contributed by atoms with Crippen LogP contribution in [0.25, 0.3) is 0 Å². The first-order valence-electron chi connectivity index (χ1n) is 6.04. The largest absolute Gasteiger partial charge is 0.336 e. The zero-order valence-electron chi connectivity index (χ0n) is 11.4. The number of carbonyl (C=O) groups is 1. The molecule has 0 heterocycles. The average Bonchev–Trinajstić information content (AvgIpc) is 2.34. The van der Waals surface area contributed by atoms with Crippen LogP contribution in [0.15, 0.2) is 24.3 Å². The second kappa shape index (κ2) is 5.98. The lowest BCUT2D eigenvalue weighted by atomic mass is 9.99. The molecule has 0 bridgehead atoms. The normalized spacial score (nSPS) is 13.2. The second-order valence-electron chi connectivity index (χ2n) is 5.28. The molecule has 1 rings (SSSR count). The summed E-state index contributed by atoms with van der Waals surface area (Å²) in [6.07, 6.45) is 0. The van der Waals surface area contributed by atoms with Gasteiger partial charge in [0.15, 0.2) is 11.5 Å². The van der Waals surface area contributed by atoms with E-state index in [1.165, 1.54) is 0 Å². The molecule has 18 heavy (non-hydrogen) atoms. The molecule has 1 unspecified atom stereocenters. The van der Waals surface area contributed by atoms with Crippen LogP contribution in [0.5, 0.6) is 5.75 Å². The standard InChI is InChI=1S/C14H21NO3/c1-10(9-15)13(16)11-7-5-6-8-12(11)17-18-14(2,3)4/h5-8,10H,9,15H2,1-4H3. The Balaban J connectivity index is 2.89. The quantitative estimate of drug-likeness (QED) is 0.496. The first-order valence-corrected chi connectivity index (χ1v) is 6.04. The van der Waals surface area contributed by atoms with E-state index in [4.69, 9.17) is 15.5 Å². The molecule has 100 valence electrons. The van der Waals surface area contributed by atoms with Gasteiger partial charge in [0.25, 0.3) is 0 Å². The predicted molar refractivity (Wildman–Crippen MR) is 70.5 cm³/mol. The average molecular weight is 251 g/mol. The summed E-state index contributed by atoms with van der Waals surface area (Å²) in [5.41, 5.74) is 5.58. The zero-order chi connectivity index (χ0) is 13.8. The van der Waals surface area contributed by atoms with E-state index in [9.17, 15) is 4.79 Å². The van der Waals surface area contributed by atoms with Crippen molar-refractivity contribution in [3.05, 3.63) is 29.8 Å². The van der Waals surface area contributed by atoms with Crippen molar-refractivity contribution >= 4 is 5.78 Å². The fraction of sp³-hybridized carbons (Fsp3) is 0.500. The van der Waals surface area contributed by atoms with Crippen LogP contribution >= 0.6 is 0 Å². The number of hydrogen-bond donors (Lipinski definition) is 1. The van der Waals surface area contributed by atoms with Crippen LogP contribution in [-0.4, -0.2) is 17.9 Å². The van der Waals surface area contributed by atoms with Gasteiger partial charge in [0.05, 0.1) is 5.56 Å². The highest BCUT2D eigenvalue weighted by molar-refractivity contribution is 6.00. The summed E-state index contributed by atoms with van der Waals surface area (Å²) in [6.45, 7) is 7.73. The molecule has 0 aliphatic heterocycles. The van der Waals surface area contributed by atoms with Gasteiger partial charge >= 0.3 is 0 Å². The third-order valence-corrected chi connectivity index (χ3v) is 2.34. The van der Waals surface area contributed by atoms with Crippen LogP contribution in [-0.2, 0) is 4.89 Å². The van der Waals surface area contributed by atoms with E-state index in [0.717, 1.165) is 0 Å². The van der Waals surface area contributed by atoms with Crippen molar-refractivity contribution in [1.82, 2.24) is 0 Å². The zero-order valence-corrected chi connectivity index (χ0v) is 11.4. The smallest absolute Gasteiger partial charge is 0.176 e. The molecule has 1 aromatic rings. The summed E-state index contributed by atoms with van der Waals surface area (Å²) < 4.78 is 0. The maximum absolute atomic E-state index is 12.1. The van der Waals surface area contributed by atoms with Crippen LogP contribution < -0.4 is 10.6 Å². The van der Waals surface area contributed by atoms with E-state index < -0.39 is 5.60 Å². The maximum atomic E-state index is 12.1. The Morgan fingerprint density at radius 2 is 1.94 bits per heavy atom. The van der Waals surface area contributed by atoms with E-state index in [0.29, 0.717) is 17.9 Å². The van der Waals surface area contributed by atoms with Gasteiger partial charge in [-0.1, -0.05) is 19.1 Å². The Labute approximate surface area is 108 Å². The van der Waals surface area contributed by atoms with Gasteiger partial charge in [-0.15, -0.1) is 0 Å². The maximum Gasteiger partial charge on any atom is 0.176 e. The molecule has 1 atom stereocenters. The summed E-state index contributed by atoms with van der Waals surface area (Å²) in [7, 11) is 0. The number of para-hydroxylation sites is 1. The number of nitrogens with two attached hydrogens (primary N) is 1. The summed E-state index contributed by atoms with van der Waals surface area (Å²) in [6, 6.07) is 7.02. The van der Waals surface area contributed by atoms with Gasteiger partial charge in [-0.2, -0.15) is 4.89 Å². The van der Waals surface area contributed by atoms with Crippen LogP contribution in [0, 0.1) is 5.92 Å². The van der Waals surface area contributed by atoms with Crippen LogP contribution in [0.4, 0.5) is 0 Å². The van der Waals surface area contributed by atoms with E-state index in [2.05, 4.69) is 0 Å². The Kier molecular flexibility index (Phi) is 4.87. The van der Waals surface area contributed by atoms with Crippen LogP contribution in [0.2, 0.25) is 0 Å². The minimum Gasteiger partial charge on any atom is -0.336 e. The van der Waals surface area contributed by atoms with Gasteiger partial charge < -0.3 is 10.6 Å². The number of ketones is 1. The molecule has 2 N–H and O–H groups in total. The Morgan fingerprint density at radius 1 is 1.33 bits per heavy atom. The highest BCUT2D eigenvalue weighted by Gasteiger charge is 2.20. The van der Waals surface area contributed by atoms with E-state index in [-0.39, 0.29) is 11.7 Å². The molecule has 4 nitrogen and oxygen atoms in total. The molecule has 0 saturated heterocycles. The third kappa shape index (κ3) is 4.13. The first kappa shape index (κ1) is 14.7. The highest BCUT2D eigenvalue weighted by Crippen LogP contribution is 2.23. The van der Waals surface area contributed by atoms with Gasteiger partial charge in [-0.05, 0) is 32.9 Å². The molecule has 0 aliphatic carbocycles. The summed E-state index contributed by atoms with van der Waals surface area (Å²) in [5.74, 6) is 0.160. The number of benzene rings is 1. The van der Waals surface area contributed by atoms with E-state index in [1.54, 1.807) is 31.2 Å². The monoisotopic (exact) mass is 251 g/mol. The van der Waals surface area contributed by atoms with E-state index in [1.807, 2.05) is 20.8 Å².